The second kappa shape index (κ2) is 5.09. The van der Waals surface area contributed by atoms with E-state index in [2.05, 4.69) is 5.32 Å². The molecule has 1 unspecified atom stereocenters. The van der Waals surface area contributed by atoms with Crippen LogP contribution in [0.5, 0.6) is 0 Å². The summed E-state index contributed by atoms with van der Waals surface area (Å²) in [5, 5.41) is 2.80. The molecule has 5 nitrogen and oxygen atoms in total. The van der Waals surface area contributed by atoms with Gasteiger partial charge < -0.3 is 11.1 Å². The summed E-state index contributed by atoms with van der Waals surface area (Å²) >= 11 is 0. The first kappa shape index (κ1) is 14.8. The number of carbonyl (C=O) groups excluding carboxylic acids is 1. The fourth-order valence-corrected chi connectivity index (χ4v) is 3.42. The number of nitrogens with two attached hydrogens (primary N) is 1. The molecule has 1 atom stereocenters. The molecule has 2 rings (SSSR count). The molecule has 0 aromatic heterocycles. The first-order valence-corrected chi connectivity index (χ1v) is 8.64. The number of rotatable bonds is 5. The van der Waals surface area contributed by atoms with Crippen molar-refractivity contribution in [1.82, 2.24) is 5.32 Å². The third-order valence-corrected chi connectivity index (χ3v) is 4.68. The second-order valence-corrected chi connectivity index (χ2v) is 7.86. The molecule has 20 heavy (non-hydrogen) atoms. The van der Waals surface area contributed by atoms with Crippen molar-refractivity contribution in [2.24, 2.45) is 0 Å². The number of nitrogens with one attached hydrogen (secondary N) is 1. The number of benzene rings is 1. The quantitative estimate of drug-likeness (QED) is 0.788. The molecule has 3 N–H and O–H groups in total. The highest BCUT2D eigenvalue weighted by molar-refractivity contribution is 7.90. The number of sulfone groups is 1. The summed E-state index contributed by atoms with van der Waals surface area (Å²) in [7, 11) is -3.10. The topological polar surface area (TPSA) is 89.3 Å². The first-order chi connectivity index (χ1) is 9.23. The van der Waals surface area contributed by atoms with Crippen LogP contribution in [0.1, 0.15) is 25.3 Å². The third-order valence-electron chi connectivity index (χ3n) is 3.58. The number of carbonyl (C=O) groups is 1. The number of hydrogen-bond donors (Lipinski definition) is 2. The zero-order valence-electron chi connectivity index (χ0n) is 11.7. The van der Waals surface area contributed by atoms with Crippen molar-refractivity contribution in [3.8, 4) is 0 Å². The maximum Gasteiger partial charge on any atom is 0.230 e. The molecule has 1 amide bonds. The molecule has 0 aliphatic heterocycles. The number of anilines is 1. The summed E-state index contributed by atoms with van der Waals surface area (Å²) in [4.78, 5) is 12.4. The van der Waals surface area contributed by atoms with Gasteiger partial charge in [0.25, 0.3) is 0 Å². The van der Waals surface area contributed by atoms with E-state index >= 15 is 0 Å². The average molecular weight is 296 g/mol. The lowest BCUT2D eigenvalue weighted by Crippen LogP contribution is -2.43. The fraction of sp³-hybridized carbons (Fsp3) is 0.500. The molecule has 0 spiro atoms. The van der Waals surface area contributed by atoms with Gasteiger partial charge in [-0.25, -0.2) is 8.42 Å². The third kappa shape index (κ3) is 3.30. The highest BCUT2D eigenvalue weighted by Gasteiger charge is 2.51. The summed E-state index contributed by atoms with van der Waals surface area (Å²) in [6.07, 6.45) is 2.74. The van der Waals surface area contributed by atoms with Gasteiger partial charge in [-0.2, -0.15) is 0 Å². The standard InChI is InChI=1S/C14H20N2O3S/c1-10(9-20(2,18)19)16-13(17)14(7-8-14)11-3-5-12(15)6-4-11/h3-6,10H,7-9,15H2,1-2H3,(H,16,17). The molecule has 110 valence electrons. The van der Waals surface area contributed by atoms with E-state index in [0.29, 0.717) is 5.69 Å². The monoisotopic (exact) mass is 296 g/mol. The Morgan fingerprint density at radius 2 is 1.90 bits per heavy atom. The van der Waals surface area contributed by atoms with Crippen molar-refractivity contribution >= 4 is 21.4 Å². The highest BCUT2D eigenvalue weighted by Crippen LogP contribution is 2.48. The molecule has 1 fully saturated rings. The van der Waals surface area contributed by atoms with Crippen molar-refractivity contribution in [3.05, 3.63) is 29.8 Å². The fourth-order valence-electron chi connectivity index (χ4n) is 2.43. The van der Waals surface area contributed by atoms with Crippen LogP contribution in [0.25, 0.3) is 0 Å². The minimum absolute atomic E-state index is 0.0451. The van der Waals surface area contributed by atoms with Gasteiger partial charge in [-0.3, -0.25) is 4.79 Å². The minimum Gasteiger partial charge on any atom is -0.399 e. The zero-order valence-corrected chi connectivity index (χ0v) is 12.5. The SMILES string of the molecule is CC(CS(C)(=O)=O)NC(=O)C1(c2ccc(N)cc2)CC1. The van der Waals surface area contributed by atoms with Gasteiger partial charge in [0.1, 0.15) is 9.84 Å². The van der Waals surface area contributed by atoms with Crippen LogP contribution in [0.2, 0.25) is 0 Å². The molecule has 0 bridgehead atoms. The van der Waals surface area contributed by atoms with E-state index in [0.717, 1.165) is 18.4 Å². The van der Waals surface area contributed by atoms with Gasteiger partial charge in [0.2, 0.25) is 5.91 Å². The maximum atomic E-state index is 12.4. The van der Waals surface area contributed by atoms with Crippen LogP contribution >= 0.6 is 0 Å². The van der Waals surface area contributed by atoms with Crippen molar-refractivity contribution in [1.29, 1.82) is 0 Å². The molecule has 1 saturated carbocycles. The Morgan fingerprint density at radius 3 is 2.35 bits per heavy atom. The van der Waals surface area contributed by atoms with E-state index in [-0.39, 0.29) is 17.7 Å². The van der Waals surface area contributed by atoms with Gasteiger partial charge in [-0.15, -0.1) is 0 Å². The zero-order chi connectivity index (χ0) is 15.0. The molecule has 0 radical (unpaired) electrons. The number of nitrogen functional groups attached to an aromatic ring is 1. The number of hydrogen-bond acceptors (Lipinski definition) is 4. The Morgan fingerprint density at radius 1 is 1.35 bits per heavy atom. The van der Waals surface area contributed by atoms with Crippen molar-refractivity contribution in [2.45, 2.75) is 31.2 Å². The van der Waals surface area contributed by atoms with Crippen LogP contribution in [0.3, 0.4) is 0 Å². The average Bonchev–Trinajstić information content (AvgIpc) is 3.08. The Labute approximate surface area is 119 Å². The first-order valence-electron chi connectivity index (χ1n) is 6.58. The molecule has 1 aromatic carbocycles. The lowest BCUT2D eigenvalue weighted by molar-refractivity contribution is -0.124. The lowest BCUT2D eigenvalue weighted by Gasteiger charge is -2.19. The van der Waals surface area contributed by atoms with Crippen LogP contribution in [0, 0.1) is 0 Å². The van der Waals surface area contributed by atoms with E-state index in [4.69, 9.17) is 5.73 Å². The Hall–Kier alpha value is -1.56. The smallest absolute Gasteiger partial charge is 0.230 e. The van der Waals surface area contributed by atoms with E-state index in [9.17, 15) is 13.2 Å². The Balaban J connectivity index is 2.07. The van der Waals surface area contributed by atoms with Gasteiger partial charge in [-0.1, -0.05) is 12.1 Å². The molecule has 1 aliphatic rings. The molecule has 1 aliphatic carbocycles. The Bertz CT molecular complexity index is 604. The summed E-state index contributed by atoms with van der Waals surface area (Å²) in [6, 6.07) is 6.90. The van der Waals surface area contributed by atoms with Crippen LogP contribution in [-0.4, -0.2) is 32.4 Å². The molecule has 6 heteroatoms. The molecule has 1 aromatic rings. The van der Waals surface area contributed by atoms with Crippen molar-refractivity contribution < 1.29 is 13.2 Å². The van der Waals surface area contributed by atoms with Crippen LogP contribution < -0.4 is 11.1 Å². The van der Waals surface area contributed by atoms with Crippen LogP contribution in [0.4, 0.5) is 5.69 Å². The van der Waals surface area contributed by atoms with E-state index < -0.39 is 15.3 Å². The van der Waals surface area contributed by atoms with Gasteiger partial charge in [0.15, 0.2) is 0 Å². The predicted octanol–water partition coefficient (Wildman–Crippen LogP) is 0.850. The van der Waals surface area contributed by atoms with Gasteiger partial charge in [-0.05, 0) is 37.5 Å². The predicted molar refractivity (Wildman–Crippen MR) is 79.1 cm³/mol. The minimum atomic E-state index is -3.10. The number of amides is 1. The van der Waals surface area contributed by atoms with Crippen molar-refractivity contribution in [3.63, 3.8) is 0 Å². The van der Waals surface area contributed by atoms with Gasteiger partial charge in [0, 0.05) is 18.0 Å². The molecular formula is C14H20N2O3S. The van der Waals surface area contributed by atoms with Gasteiger partial charge >= 0.3 is 0 Å². The van der Waals surface area contributed by atoms with E-state index in [1.165, 1.54) is 6.26 Å². The summed E-state index contributed by atoms with van der Waals surface area (Å²) in [5.74, 6) is -0.144. The molecule has 0 saturated heterocycles. The summed E-state index contributed by atoms with van der Waals surface area (Å²) in [6.45, 7) is 1.71. The summed E-state index contributed by atoms with van der Waals surface area (Å²) < 4.78 is 22.5. The van der Waals surface area contributed by atoms with Crippen molar-refractivity contribution in [2.75, 3.05) is 17.7 Å². The largest absolute Gasteiger partial charge is 0.399 e. The van der Waals surface area contributed by atoms with Gasteiger partial charge in [0.05, 0.1) is 11.2 Å². The van der Waals surface area contributed by atoms with Crippen LogP contribution in [0.15, 0.2) is 24.3 Å². The second-order valence-electron chi connectivity index (χ2n) is 5.67. The highest BCUT2D eigenvalue weighted by atomic mass is 32.2. The molecular weight excluding hydrogens is 276 g/mol. The Kier molecular flexibility index (Phi) is 3.77. The summed E-state index contributed by atoms with van der Waals surface area (Å²) in [5.41, 5.74) is 6.75. The normalized spacial score (nSPS) is 18.3. The van der Waals surface area contributed by atoms with Crippen LogP contribution in [-0.2, 0) is 20.0 Å². The molecule has 0 heterocycles. The maximum absolute atomic E-state index is 12.4. The van der Waals surface area contributed by atoms with E-state index in [1.54, 1.807) is 19.1 Å². The lowest BCUT2D eigenvalue weighted by atomic mass is 9.94. The van der Waals surface area contributed by atoms with E-state index in [1.807, 2.05) is 12.1 Å².